The number of sulfonamides is 1. The number of halogens is 2. The minimum absolute atomic E-state index is 0.0581. The molecule has 5 nitrogen and oxygen atoms in total. The molecule has 0 spiro atoms. The standard InChI is InChI=1S/C16H15F2N3O2S/c17-12-5-3-6-13(18)16(12)24(22,23)20-9-4-10-21-11-19-14-7-1-2-8-15(14)21/h1-3,5-8,11,20H,4,9-10H2. The molecule has 126 valence electrons. The van der Waals surface area contributed by atoms with Crippen molar-refractivity contribution in [3.8, 4) is 0 Å². The number of para-hydroxylation sites is 2. The van der Waals surface area contributed by atoms with Crippen LogP contribution in [0.5, 0.6) is 0 Å². The average molecular weight is 351 g/mol. The molecular weight excluding hydrogens is 336 g/mol. The summed E-state index contributed by atoms with van der Waals surface area (Å²) in [6, 6.07) is 10.5. The summed E-state index contributed by atoms with van der Waals surface area (Å²) in [6.07, 6.45) is 2.13. The number of aromatic nitrogens is 2. The molecule has 0 aliphatic carbocycles. The van der Waals surface area contributed by atoms with Crippen molar-refractivity contribution >= 4 is 21.1 Å². The minimum atomic E-state index is -4.23. The van der Waals surface area contributed by atoms with Crippen molar-refractivity contribution < 1.29 is 17.2 Å². The zero-order valence-corrected chi connectivity index (χ0v) is 13.4. The molecule has 0 atom stereocenters. The van der Waals surface area contributed by atoms with E-state index in [2.05, 4.69) is 9.71 Å². The van der Waals surface area contributed by atoms with E-state index in [4.69, 9.17) is 0 Å². The van der Waals surface area contributed by atoms with Crippen LogP contribution in [0.2, 0.25) is 0 Å². The van der Waals surface area contributed by atoms with Gasteiger partial charge in [0, 0.05) is 13.1 Å². The second-order valence-electron chi connectivity index (χ2n) is 5.23. The number of fused-ring (bicyclic) bond motifs is 1. The van der Waals surface area contributed by atoms with Gasteiger partial charge in [-0.25, -0.2) is 26.9 Å². The third-order valence-corrected chi connectivity index (χ3v) is 5.09. The van der Waals surface area contributed by atoms with Crippen LogP contribution in [0.3, 0.4) is 0 Å². The molecule has 3 aromatic rings. The Hall–Kier alpha value is -2.32. The molecule has 0 unspecified atom stereocenters. The number of aryl methyl sites for hydroxylation is 1. The van der Waals surface area contributed by atoms with E-state index in [-0.39, 0.29) is 6.54 Å². The number of rotatable bonds is 6. The van der Waals surface area contributed by atoms with E-state index in [1.165, 1.54) is 0 Å². The van der Waals surface area contributed by atoms with Crippen LogP contribution in [-0.2, 0) is 16.6 Å². The average Bonchev–Trinajstić information content (AvgIpc) is 2.94. The highest BCUT2D eigenvalue weighted by Gasteiger charge is 2.23. The Morgan fingerprint density at radius 2 is 1.75 bits per heavy atom. The molecule has 1 aromatic heterocycles. The topological polar surface area (TPSA) is 64.0 Å². The predicted octanol–water partition coefficient (Wildman–Crippen LogP) is 2.68. The Morgan fingerprint density at radius 3 is 2.50 bits per heavy atom. The summed E-state index contributed by atoms with van der Waals surface area (Å²) in [4.78, 5) is 3.30. The Kier molecular flexibility index (Phi) is 4.59. The van der Waals surface area contributed by atoms with Crippen LogP contribution >= 0.6 is 0 Å². The first-order chi connectivity index (χ1) is 11.5. The maximum absolute atomic E-state index is 13.6. The van der Waals surface area contributed by atoms with Crippen molar-refractivity contribution in [1.82, 2.24) is 14.3 Å². The van der Waals surface area contributed by atoms with E-state index in [0.717, 1.165) is 29.2 Å². The van der Waals surface area contributed by atoms with Gasteiger partial charge >= 0.3 is 0 Å². The molecular formula is C16H15F2N3O2S. The molecule has 0 saturated carbocycles. The van der Waals surface area contributed by atoms with Gasteiger partial charge in [-0.2, -0.15) is 0 Å². The maximum atomic E-state index is 13.6. The van der Waals surface area contributed by atoms with Crippen molar-refractivity contribution in [1.29, 1.82) is 0 Å². The summed E-state index contributed by atoms with van der Waals surface area (Å²) < 4.78 is 55.4. The summed E-state index contributed by atoms with van der Waals surface area (Å²) in [5, 5.41) is 0. The molecule has 2 aromatic carbocycles. The van der Waals surface area contributed by atoms with Crippen LogP contribution < -0.4 is 4.72 Å². The highest BCUT2D eigenvalue weighted by atomic mass is 32.2. The van der Waals surface area contributed by atoms with Crippen molar-refractivity contribution in [2.75, 3.05) is 6.54 Å². The largest absolute Gasteiger partial charge is 0.331 e. The predicted molar refractivity (Wildman–Crippen MR) is 85.9 cm³/mol. The zero-order chi connectivity index (χ0) is 17.2. The first-order valence-corrected chi connectivity index (χ1v) is 8.81. The van der Waals surface area contributed by atoms with Crippen molar-refractivity contribution in [3.63, 3.8) is 0 Å². The van der Waals surface area contributed by atoms with Gasteiger partial charge in [-0.15, -0.1) is 0 Å². The second kappa shape index (κ2) is 6.66. The first-order valence-electron chi connectivity index (χ1n) is 7.32. The van der Waals surface area contributed by atoms with Crippen molar-refractivity contribution in [2.24, 2.45) is 0 Å². The molecule has 0 radical (unpaired) electrons. The van der Waals surface area contributed by atoms with Gasteiger partial charge in [-0.05, 0) is 30.7 Å². The lowest BCUT2D eigenvalue weighted by Crippen LogP contribution is -2.27. The van der Waals surface area contributed by atoms with Crippen LogP contribution in [0.25, 0.3) is 11.0 Å². The zero-order valence-electron chi connectivity index (χ0n) is 12.6. The highest BCUT2D eigenvalue weighted by molar-refractivity contribution is 7.89. The van der Waals surface area contributed by atoms with Gasteiger partial charge in [0.05, 0.1) is 17.4 Å². The summed E-state index contributed by atoms with van der Waals surface area (Å²) in [5.74, 6) is -2.22. The SMILES string of the molecule is O=S(=O)(NCCCn1cnc2ccccc21)c1c(F)cccc1F. The fraction of sp³-hybridized carbons (Fsp3) is 0.188. The Labute approximate surface area is 138 Å². The minimum Gasteiger partial charge on any atom is -0.331 e. The van der Waals surface area contributed by atoms with Crippen LogP contribution in [0, 0.1) is 11.6 Å². The summed E-state index contributed by atoms with van der Waals surface area (Å²) in [7, 11) is -4.23. The molecule has 3 rings (SSSR count). The molecule has 0 fully saturated rings. The van der Waals surface area contributed by atoms with Crippen LogP contribution in [0.4, 0.5) is 8.78 Å². The molecule has 0 aliphatic rings. The van der Waals surface area contributed by atoms with Gasteiger partial charge < -0.3 is 4.57 Å². The van der Waals surface area contributed by atoms with Gasteiger partial charge in [0.2, 0.25) is 10.0 Å². The number of nitrogens with zero attached hydrogens (tertiary/aromatic N) is 2. The molecule has 1 heterocycles. The second-order valence-corrected chi connectivity index (χ2v) is 6.93. The lowest BCUT2D eigenvalue weighted by molar-refractivity contribution is 0.512. The molecule has 0 bridgehead atoms. The smallest absolute Gasteiger partial charge is 0.246 e. The molecule has 1 N–H and O–H groups in total. The summed E-state index contributed by atoms with van der Waals surface area (Å²) in [6.45, 7) is 0.589. The summed E-state index contributed by atoms with van der Waals surface area (Å²) in [5.41, 5.74) is 1.80. The number of hydrogen-bond acceptors (Lipinski definition) is 3. The van der Waals surface area contributed by atoms with Gasteiger partial charge in [0.15, 0.2) is 4.90 Å². The van der Waals surface area contributed by atoms with E-state index in [9.17, 15) is 17.2 Å². The Bertz CT molecular complexity index is 950. The molecule has 24 heavy (non-hydrogen) atoms. The monoisotopic (exact) mass is 351 g/mol. The number of benzene rings is 2. The fourth-order valence-electron chi connectivity index (χ4n) is 2.46. The van der Waals surface area contributed by atoms with Gasteiger partial charge in [-0.1, -0.05) is 18.2 Å². The highest BCUT2D eigenvalue weighted by Crippen LogP contribution is 2.18. The number of imidazole rings is 1. The van der Waals surface area contributed by atoms with E-state index in [1.54, 1.807) is 6.33 Å². The molecule has 8 heteroatoms. The Balaban J connectivity index is 1.64. The van der Waals surface area contributed by atoms with Gasteiger partial charge in [0.1, 0.15) is 11.6 Å². The lowest BCUT2D eigenvalue weighted by atomic mass is 10.3. The van der Waals surface area contributed by atoms with E-state index in [0.29, 0.717) is 13.0 Å². The quantitative estimate of drug-likeness (QED) is 0.695. The third-order valence-electron chi connectivity index (χ3n) is 3.58. The van der Waals surface area contributed by atoms with Crippen molar-refractivity contribution in [3.05, 3.63) is 60.4 Å². The molecule has 0 amide bonds. The van der Waals surface area contributed by atoms with Crippen molar-refractivity contribution in [2.45, 2.75) is 17.9 Å². The normalized spacial score (nSPS) is 11.9. The Morgan fingerprint density at radius 1 is 1.04 bits per heavy atom. The summed E-state index contributed by atoms with van der Waals surface area (Å²) >= 11 is 0. The number of nitrogens with one attached hydrogen (secondary N) is 1. The third kappa shape index (κ3) is 3.29. The van der Waals surface area contributed by atoms with E-state index in [1.807, 2.05) is 28.8 Å². The van der Waals surface area contributed by atoms with Gasteiger partial charge in [0.25, 0.3) is 0 Å². The fourth-order valence-corrected chi connectivity index (χ4v) is 3.66. The van der Waals surface area contributed by atoms with Gasteiger partial charge in [-0.3, -0.25) is 0 Å². The van der Waals surface area contributed by atoms with E-state index >= 15 is 0 Å². The molecule has 0 aliphatic heterocycles. The lowest BCUT2D eigenvalue weighted by Gasteiger charge is -2.09. The van der Waals surface area contributed by atoms with E-state index < -0.39 is 26.6 Å². The number of hydrogen-bond donors (Lipinski definition) is 1. The maximum Gasteiger partial charge on any atom is 0.246 e. The first kappa shape index (κ1) is 16.5. The van der Waals surface area contributed by atoms with Crippen LogP contribution in [0.1, 0.15) is 6.42 Å². The molecule has 0 saturated heterocycles. The van der Waals surface area contributed by atoms with Crippen LogP contribution in [-0.4, -0.2) is 24.5 Å². The van der Waals surface area contributed by atoms with Crippen LogP contribution in [0.15, 0.2) is 53.7 Å².